The van der Waals surface area contributed by atoms with Gasteiger partial charge >= 0.3 is 0 Å². The second-order valence-corrected chi connectivity index (χ2v) is 5.14. The van der Waals surface area contributed by atoms with E-state index in [0.717, 1.165) is 27.8 Å². The Labute approximate surface area is 119 Å². The van der Waals surface area contributed by atoms with Crippen molar-refractivity contribution in [1.29, 1.82) is 0 Å². The lowest BCUT2D eigenvalue weighted by Crippen LogP contribution is -2.02. The van der Waals surface area contributed by atoms with Gasteiger partial charge in [-0.05, 0) is 0 Å². The molecule has 20 heavy (non-hydrogen) atoms. The Balaban J connectivity index is 1.91. The highest BCUT2D eigenvalue weighted by Crippen LogP contribution is 2.23. The van der Waals surface area contributed by atoms with Crippen molar-refractivity contribution in [2.45, 2.75) is 10.9 Å². The average Bonchev–Trinajstić information content (AvgIpc) is 3.03. The molecule has 0 saturated heterocycles. The van der Waals surface area contributed by atoms with Gasteiger partial charge in [-0.3, -0.25) is 4.68 Å². The molecule has 0 spiro atoms. The monoisotopic (exact) mass is 290 g/mol. The molecule has 104 valence electrons. The molecule has 0 aliphatic rings. The quantitative estimate of drug-likeness (QED) is 0.712. The van der Waals surface area contributed by atoms with Crippen LogP contribution in [0.5, 0.6) is 0 Å². The second-order valence-electron chi connectivity index (χ2n) is 4.20. The first-order valence-corrected chi connectivity index (χ1v) is 7.00. The molecular formula is C11H14N8S. The molecule has 3 aromatic rings. The van der Waals surface area contributed by atoms with Crippen molar-refractivity contribution in [2.75, 3.05) is 12.4 Å². The highest BCUT2D eigenvalue weighted by atomic mass is 32.2. The van der Waals surface area contributed by atoms with E-state index in [1.165, 1.54) is 6.33 Å². The molecule has 0 amide bonds. The molecule has 0 saturated carbocycles. The maximum atomic E-state index is 4.54. The van der Waals surface area contributed by atoms with Crippen molar-refractivity contribution in [3.05, 3.63) is 18.3 Å². The number of nitrogens with one attached hydrogen (secondary N) is 1. The molecule has 0 aromatic carbocycles. The van der Waals surface area contributed by atoms with E-state index in [2.05, 4.69) is 30.5 Å². The summed E-state index contributed by atoms with van der Waals surface area (Å²) >= 11 is 1.55. The molecule has 0 radical (unpaired) electrons. The molecule has 1 N–H and O–H groups in total. The molecule has 0 aliphatic heterocycles. The molecule has 0 aliphatic carbocycles. The van der Waals surface area contributed by atoms with E-state index in [-0.39, 0.29) is 0 Å². The molecule has 8 nitrogen and oxygen atoms in total. The van der Waals surface area contributed by atoms with Crippen LogP contribution in [-0.2, 0) is 19.8 Å². The van der Waals surface area contributed by atoms with Crippen LogP contribution in [0.4, 0.5) is 5.82 Å². The zero-order valence-corrected chi connectivity index (χ0v) is 12.2. The van der Waals surface area contributed by atoms with E-state index in [1.807, 2.05) is 21.1 Å². The first-order chi connectivity index (χ1) is 9.69. The van der Waals surface area contributed by atoms with Crippen LogP contribution in [0.15, 0.2) is 17.7 Å². The third-order valence-corrected chi connectivity index (χ3v) is 3.91. The van der Waals surface area contributed by atoms with Gasteiger partial charge in [0.2, 0.25) is 0 Å². The molecule has 3 aromatic heterocycles. The van der Waals surface area contributed by atoms with E-state index in [1.54, 1.807) is 27.3 Å². The molecule has 3 heterocycles. The van der Waals surface area contributed by atoms with Crippen molar-refractivity contribution < 1.29 is 0 Å². The van der Waals surface area contributed by atoms with E-state index in [9.17, 15) is 0 Å². The van der Waals surface area contributed by atoms with Gasteiger partial charge in [0, 0.05) is 21.1 Å². The fourth-order valence-corrected chi connectivity index (χ4v) is 2.61. The van der Waals surface area contributed by atoms with Crippen molar-refractivity contribution in [3.8, 4) is 0 Å². The lowest BCUT2D eigenvalue weighted by atomic mass is 10.4. The number of hydrogen-bond donors (Lipinski definition) is 1. The van der Waals surface area contributed by atoms with Crippen LogP contribution in [0.3, 0.4) is 0 Å². The Bertz CT molecular complexity index is 746. The fourth-order valence-electron chi connectivity index (χ4n) is 1.87. The predicted octanol–water partition coefficient (Wildman–Crippen LogP) is 0.826. The molecule has 0 fully saturated rings. The predicted molar refractivity (Wildman–Crippen MR) is 76.4 cm³/mol. The lowest BCUT2D eigenvalue weighted by Gasteiger charge is -2.05. The third kappa shape index (κ3) is 2.20. The molecule has 0 bridgehead atoms. The number of thioether (sulfide) groups is 1. The van der Waals surface area contributed by atoms with Crippen LogP contribution in [0, 0.1) is 0 Å². The first-order valence-electron chi connectivity index (χ1n) is 6.02. The maximum Gasteiger partial charge on any atom is 0.186 e. The molecular weight excluding hydrogens is 276 g/mol. The summed E-state index contributed by atoms with van der Waals surface area (Å²) in [5.41, 5.74) is 0.818. The van der Waals surface area contributed by atoms with Gasteiger partial charge < -0.3 is 5.32 Å². The van der Waals surface area contributed by atoms with Gasteiger partial charge in [-0.25, -0.2) is 19.6 Å². The summed E-state index contributed by atoms with van der Waals surface area (Å²) in [6, 6.07) is 0. The summed E-state index contributed by atoms with van der Waals surface area (Å²) in [5.74, 6) is 2.15. The molecule has 9 heteroatoms. The Morgan fingerprint density at radius 2 is 2.05 bits per heavy atom. The highest BCUT2D eigenvalue weighted by Gasteiger charge is 2.11. The van der Waals surface area contributed by atoms with Gasteiger partial charge in [-0.2, -0.15) is 10.2 Å². The smallest absolute Gasteiger partial charge is 0.186 e. The van der Waals surface area contributed by atoms with Crippen LogP contribution in [0.1, 0.15) is 5.82 Å². The van der Waals surface area contributed by atoms with Crippen molar-refractivity contribution >= 4 is 28.6 Å². The summed E-state index contributed by atoms with van der Waals surface area (Å²) < 4.78 is 3.47. The van der Waals surface area contributed by atoms with Gasteiger partial charge in [-0.1, -0.05) is 11.8 Å². The summed E-state index contributed by atoms with van der Waals surface area (Å²) in [6.45, 7) is 0. The largest absolute Gasteiger partial charge is 0.372 e. The minimum atomic E-state index is 0.627. The minimum Gasteiger partial charge on any atom is -0.372 e. The van der Waals surface area contributed by atoms with Gasteiger partial charge in [-0.15, -0.1) is 0 Å². The van der Waals surface area contributed by atoms with Gasteiger partial charge in [0.15, 0.2) is 10.8 Å². The van der Waals surface area contributed by atoms with Crippen LogP contribution in [-0.4, -0.2) is 41.6 Å². The van der Waals surface area contributed by atoms with Crippen LogP contribution in [0.25, 0.3) is 11.0 Å². The van der Waals surface area contributed by atoms with Gasteiger partial charge in [0.25, 0.3) is 0 Å². The van der Waals surface area contributed by atoms with Crippen molar-refractivity contribution in [2.24, 2.45) is 14.1 Å². The van der Waals surface area contributed by atoms with Gasteiger partial charge in [0.05, 0.1) is 17.3 Å². The van der Waals surface area contributed by atoms with Crippen LogP contribution < -0.4 is 5.32 Å². The summed E-state index contributed by atoms with van der Waals surface area (Å²) in [5, 5.41) is 13.1. The molecule has 0 unspecified atom stereocenters. The third-order valence-electron chi connectivity index (χ3n) is 2.88. The number of nitrogens with zero attached hydrogens (tertiary/aromatic N) is 7. The van der Waals surface area contributed by atoms with Crippen molar-refractivity contribution in [1.82, 2.24) is 34.5 Å². The second kappa shape index (κ2) is 5.08. The maximum absolute atomic E-state index is 4.54. The first kappa shape index (κ1) is 12.9. The van der Waals surface area contributed by atoms with E-state index in [4.69, 9.17) is 0 Å². The number of fused-ring (bicyclic) bond motifs is 1. The molecule has 0 atom stereocenters. The summed E-state index contributed by atoms with van der Waals surface area (Å²) in [6.07, 6.45) is 3.30. The fraction of sp³-hybridized carbons (Fsp3) is 0.364. The van der Waals surface area contributed by atoms with E-state index >= 15 is 0 Å². The number of hydrogen-bond acceptors (Lipinski definition) is 7. The normalized spacial score (nSPS) is 11.2. The Morgan fingerprint density at radius 3 is 2.75 bits per heavy atom. The Hall–Kier alpha value is -2.16. The SMILES string of the molecule is CNc1nc(CSc2ncnn2C)nc2c1cnn2C. The van der Waals surface area contributed by atoms with E-state index in [0.29, 0.717) is 5.75 Å². The van der Waals surface area contributed by atoms with Crippen molar-refractivity contribution in [3.63, 3.8) is 0 Å². The van der Waals surface area contributed by atoms with Gasteiger partial charge in [0.1, 0.15) is 18.0 Å². The minimum absolute atomic E-state index is 0.627. The van der Waals surface area contributed by atoms with E-state index < -0.39 is 0 Å². The zero-order valence-electron chi connectivity index (χ0n) is 11.4. The Kier molecular flexibility index (Phi) is 3.26. The number of aromatic nitrogens is 7. The molecule has 3 rings (SSSR count). The number of anilines is 1. The zero-order chi connectivity index (χ0) is 14.1. The lowest BCUT2D eigenvalue weighted by molar-refractivity contribution is 0.685. The van der Waals surface area contributed by atoms with Crippen LogP contribution in [0.2, 0.25) is 0 Å². The van der Waals surface area contributed by atoms with Crippen LogP contribution >= 0.6 is 11.8 Å². The standard InChI is InChI=1S/C11H14N8S/c1-12-9-7-4-14-18(2)10(7)17-8(16-9)5-20-11-13-6-15-19(11)3/h4,6H,5H2,1-3H3,(H,12,16,17). The average molecular weight is 290 g/mol. The number of rotatable bonds is 4. The number of aryl methyl sites for hydroxylation is 2. The Morgan fingerprint density at radius 1 is 1.20 bits per heavy atom. The highest BCUT2D eigenvalue weighted by molar-refractivity contribution is 7.98. The topological polar surface area (TPSA) is 86.3 Å². The summed E-state index contributed by atoms with van der Waals surface area (Å²) in [7, 11) is 5.57. The summed E-state index contributed by atoms with van der Waals surface area (Å²) in [4.78, 5) is 13.2.